The number of nitrogen functional groups attached to an aromatic ring is 1. The minimum Gasteiger partial charge on any atom is -0.481 e. The number of guanidine groups is 1. The Morgan fingerprint density at radius 1 is 0.736 bits per heavy atom. The van der Waals surface area contributed by atoms with E-state index < -0.39 is 126 Å². The van der Waals surface area contributed by atoms with Crippen LogP contribution in [0.15, 0.2) is 35.3 Å². The molecule has 2 aromatic heterocycles. The summed E-state index contributed by atoms with van der Waals surface area (Å²) in [6, 6.07) is -3.35. The van der Waals surface area contributed by atoms with Crippen molar-refractivity contribution in [3.05, 3.63) is 52.1 Å². The van der Waals surface area contributed by atoms with E-state index in [-0.39, 0.29) is 67.2 Å². The number of amides is 6. The fourth-order valence-corrected chi connectivity index (χ4v) is 6.92. The maximum absolute atomic E-state index is 13.7. The molecule has 0 saturated carbocycles. The highest BCUT2D eigenvalue weighted by Gasteiger charge is 2.34. The summed E-state index contributed by atoms with van der Waals surface area (Å²) < 4.78 is 0. The highest BCUT2D eigenvalue weighted by molar-refractivity contribution is 7.98. The molecular weight excluding hydrogens is 975 g/mol. The molecule has 390 valence electrons. The van der Waals surface area contributed by atoms with Crippen molar-refractivity contribution in [1.29, 1.82) is 5.41 Å². The van der Waals surface area contributed by atoms with Gasteiger partial charge in [-0.2, -0.15) is 16.7 Å². The van der Waals surface area contributed by atoms with Crippen molar-refractivity contribution in [2.75, 3.05) is 29.6 Å². The Balaban J connectivity index is 1.66. The lowest BCUT2D eigenvalue weighted by molar-refractivity contribution is -0.144. The summed E-state index contributed by atoms with van der Waals surface area (Å²) in [4.78, 5) is 153. The van der Waals surface area contributed by atoms with E-state index in [1.807, 2.05) is 5.32 Å². The minimum atomic E-state index is -2.04. The van der Waals surface area contributed by atoms with Gasteiger partial charge in [0.25, 0.3) is 11.5 Å². The maximum atomic E-state index is 13.7. The first-order chi connectivity index (χ1) is 33.9. The number of aromatic amines is 1. The van der Waals surface area contributed by atoms with Crippen LogP contribution in [0.25, 0.3) is 11.2 Å². The van der Waals surface area contributed by atoms with Crippen molar-refractivity contribution in [2.45, 2.75) is 94.7 Å². The van der Waals surface area contributed by atoms with Crippen LogP contribution in [0.1, 0.15) is 67.9 Å². The number of hydrogen-bond donors (Lipinski definition) is 16. The molecule has 0 bridgehead atoms. The highest BCUT2D eigenvalue weighted by atomic mass is 32.2. The topological polar surface area (TPSA) is 495 Å². The van der Waals surface area contributed by atoms with Gasteiger partial charge in [0.05, 0.1) is 37.7 Å². The molecule has 31 heteroatoms. The van der Waals surface area contributed by atoms with Crippen LogP contribution >= 0.6 is 11.8 Å². The Hall–Kier alpha value is -8.64. The van der Waals surface area contributed by atoms with Crippen molar-refractivity contribution in [2.24, 2.45) is 5.73 Å². The number of carboxylic acids is 4. The van der Waals surface area contributed by atoms with Gasteiger partial charge in [-0.15, -0.1) is 0 Å². The number of carbonyl (C=O) groups excluding carboxylic acids is 6. The van der Waals surface area contributed by atoms with Gasteiger partial charge in [0.15, 0.2) is 17.1 Å². The number of nitrogens with two attached hydrogens (primary N) is 2. The third-order valence-corrected chi connectivity index (χ3v) is 10.6. The first kappa shape index (κ1) is 57.7. The first-order valence-electron chi connectivity index (χ1n) is 21.6. The Morgan fingerprint density at radius 3 is 1.79 bits per heavy atom. The van der Waals surface area contributed by atoms with Gasteiger partial charge < -0.3 is 74.4 Å². The van der Waals surface area contributed by atoms with Crippen molar-refractivity contribution in [3.63, 3.8) is 0 Å². The van der Waals surface area contributed by atoms with E-state index in [4.69, 9.17) is 16.9 Å². The molecule has 0 radical (unpaired) electrons. The van der Waals surface area contributed by atoms with E-state index in [2.05, 4.69) is 57.2 Å². The Bertz CT molecular complexity index is 2570. The average molecular weight is 1030 g/mol. The van der Waals surface area contributed by atoms with Crippen molar-refractivity contribution in [1.82, 2.24) is 57.2 Å². The number of carbonyl (C=O) groups is 10. The maximum Gasteiger partial charge on any atom is 0.327 e. The number of rotatable bonds is 30. The second-order valence-corrected chi connectivity index (χ2v) is 16.7. The summed E-state index contributed by atoms with van der Waals surface area (Å²) in [7, 11) is 0. The van der Waals surface area contributed by atoms with Gasteiger partial charge in [-0.1, -0.05) is 0 Å². The Kier molecular flexibility index (Phi) is 22.5. The second kappa shape index (κ2) is 28.1. The number of aromatic nitrogens is 4. The van der Waals surface area contributed by atoms with E-state index in [9.17, 15) is 73.2 Å². The van der Waals surface area contributed by atoms with Crippen molar-refractivity contribution < 1.29 is 68.4 Å². The third kappa shape index (κ3) is 19.8. The number of carboxylic acid groups (broad SMARTS) is 4. The Labute approximate surface area is 411 Å². The lowest BCUT2D eigenvalue weighted by Crippen LogP contribution is -2.59. The molecular formula is C41H55N15O15S. The number of hydrogen-bond acceptors (Lipinski definition) is 18. The van der Waals surface area contributed by atoms with Crippen LogP contribution in [0.4, 0.5) is 11.6 Å². The lowest BCUT2D eigenvalue weighted by atomic mass is 10.1. The number of nitrogens with one attached hydrogen (secondary N) is 10. The van der Waals surface area contributed by atoms with E-state index in [0.717, 1.165) is 11.8 Å². The molecule has 0 fully saturated rings. The molecule has 30 nitrogen and oxygen atoms in total. The van der Waals surface area contributed by atoms with Gasteiger partial charge in [0, 0.05) is 36.0 Å². The van der Waals surface area contributed by atoms with E-state index in [1.165, 1.54) is 24.6 Å². The zero-order chi connectivity index (χ0) is 53.7. The molecule has 6 amide bonds. The van der Waals surface area contributed by atoms with E-state index in [1.54, 1.807) is 19.1 Å². The second-order valence-electron chi connectivity index (χ2n) is 15.8. The van der Waals surface area contributed by atoms with Gasteiger partial charge in [0.1, 0.15) is 30.2 Å². The molecule has 0 aliphatic rings. The summed E-state index contributed by atoms with van der Waals surface area (Å²) in [5.74, 6) is -13.4. The molecule has 18 N–H and O–H groups in total. The first-order valence-corrected chi connectivity index (χ1v) is 23.0. The summed E-state index contributed by atoms with van der Waals surface area (Å²) >= 11 is 1.03. The van der Waals surface area contributed by atoms with E-state index in [0.29, 0.717) is 11.4 Å². The number of aliphatic carboxylic acids is 4. The van der Waals surface area contributed by atoms with Crippen LogP contribution in [-0.4, -0.2) is 160 Å². The van der Waals surface area contributed by atoms with Crippen LogP contribution in [0, 0.1) is 5.41 Å². The molecule has 6 atom stereocenters. The molecule has 0 spiro atoms. The largest absolute Gasteiger partial charge is 0.481 e. The molecule has 72 heavy (non-hydrogen) atoms. The molecule has 0 aliphatic carbocycles. The van der Waals surface area contributed by atoms with Crippen LogP contribution < -0.4 is 59.6 Å². The van der Waals surface area contributed by atoms with Crippen molar-refractivity contribution in [3.8, 4) is 0 Å². The monoisotopic (exact) mass is 1030 g/mol. The minimum absolute atomic E-state index is 0.00447. The molecule has 0 aliphatic heterocycles. The van der Waals surface area contributed by atoms with Gasteiger partial charge in [-0.25, -0.2) is 14.8 Å². The van der Waals surface area contributed by atoms with Gasteiger partial charge in [0.2, 0.25) is 35.5 Å². The molecule has 3 rings (SSSR count). The fourth-order valence-electron chi connectivity index (χ4n) is 6.36. The highest BCUT2D eigenvalue weighted by Crippen LogP contribution is 2.13. The third-order valence-electron chi connectivity index (χ3n) is 9.91. The standard InChI is InChI=1S/C41H55N15O15S/c1-18(48-33(64)19-6-8-20(9-7-19)46-15-21-16-47-32-31(49-21)38(69)56-41(44)55-32)5-10-27(57)50-23(12-28(58)59)35(66)51-22(4-3-11-45-40(42)43)34(65)52-24(13-29(60)61)36(67)53-25(14-30(62)63)37(68)54-26(17-72-2)39(70)71/h6-9,16,18,22-26,46H,3-5,10-15,17H2,1-2H3,(H,48,64)(H,50,57)(H,51,66)(H,52,65)(H,53,67)(H,54,68)(H,58,59)(H,60,61)(H,62,63)(H,70,71)(H4,42,43,45)(H3,44,47,55,56,69)/t18-,22+,23+,24+,25+,26+/m1/s1. The van der Waals surface area contributed by atoms with Gasteiger partial charge >= 0.3 is 23.9 Å². The number of H-pyrrole nitrogens is 1. The number of nitrogens with zero attached hydrogens (tertiary/aromatic N) is 3. The van der Waals surface area contributed by atoms with Crippen LogP contribution in [0.5, 0.6) is 0 Å². The quantitative estimate of drug-likeness (QED) is 0.0174. The smallest absolute Gasteiger partial charge is 0.327 e. The average Bonchev–Trinajstić information content (AvgIpc) is 3.29. The number of benzene rings is 1. The van der Waals surface area contributed by atoms with Crippen LogP contribution in [0.3, 0.4) is 0 Å². The SMILES string of the molecule is CSC[C@H](NC(=O)[C@H](CC(=O)O)NC(=O)[C@H](CC(=O)O)NC(=O)[C@H](CCCNC(=N)N)NC(=O)[C@H](CC(=O)O)NC(=O)CC[C@@H](C)NC(=O)c1ccc(NCc2cnc3nc(N)[nH]c(=O)c3n2)cc1)C(=O)O. The lowest BCUT2D eigenvalue weighted by Gasteiger charge is -2.26. The van der Waals surface area contributed by atoms with Crippen molar-refractivity contribution >= 4 is 99.8 Å². The van der Waals surface area contributed by atoms with Crippen LogP contribution in [0.2, 0.25) is 0 Å². The van der Waals surface area contributed by atoms with Crippen LogP contribution in [-0.2, 0) is 49.7 Å². The number of anilines is 2. The zero-order valence-electron chi connectivity index (χ0n) is 38.6. The van der Waals surface area contributed by atoms with Gasteiger partial charge in [-0.3, -0.25) is 58.3 Å². The molecule has 2 heterocycles. The molecule has 0 unspecified atom stereocenters. The summed E-state index contributed by atoms with van der Waals surface area (Å²) in [6.07, 6.45) is -0.962. The number of thioether (sulfide) groups is 1. The van der Waals surface area contributed by atoms with Gasteiger partial charge in [-0.05, 0) is 56.7 Å². The Morgan fingerprint density at radius 2 is 1.26 bits per heavy atom. The predicted molar refractivity (Wildman–Crippen MR) is 254 cm³/mol. The summed E-state index contributed by atoms with van der Waals surface area (Å²) in [5, 5.41) is 64.4. The van der Waals surface area contributed by atoms with E-state index >= 15 is 0 Å². The summed E-state index contributed by atoms with van der Waals surface area (Å²) in [6.45, 7) is 1.70. The fraction of sp³-hybridized carbons (Fsp3) is 0.439. The molecule has 0 saturated heterocycles. The summed E-state index contributed by atoms with van der Waals surface area (Å²) in [5.41, 5.74) is 11.7. The number of fused-ring (bicyclic) bond motifs is 1. The zero-order valence-corrected chi connectivity index (χ0v) is 39.4. The molecule has 1 aromatic carbocycles. The molecule has 3 aromatic rings. The normalized spacial score (nSPS) is 13.3. The predicted octanol–water partition coefficient (Wildman–Crippen LogP) is -3.64.